The molecule has 3 aromatic carbocycles. The number of nitrogens with one attached hydrogen (secondary N) is 2. The molecule has 0 fully saturated rings. The number of nitrogens with zero attached hydrogens (tertiary/aromatic N) is 1. The van der Waals surface area contributed by atoms with E-state index in [0.29, 0.717) is 5.11 Å². The van der Waals surface area contributed by atoms with E-state index in [1.54, 1.807) is 18.4 Å². The first-order valence-corrected chi connectivity index (χ1v) is 13.1. The molecule has 1 aliphatic rings. The number of thiocarbonyl (C=S) groups is 1. The van der Waals surface area contributed by atoms with Gasteiger partial charge in [-0.2, -0.15) is 0 Å². The highest BCUT2D eigenvalue weighted by Gasteiger charge is 2.44. The Balaban J connectivity index is 1.69. The van der Waals surface area contributed by atoms with Crippen molar-refractivity contribution in [1.82, 2.24) is 10.3 Å². The summed E-state index contributed by atoms with van der Waals surface area (Å²) >= 11 is 6.88. The monoisotopic (exact) mass is 531 g/mol. The van der Waals surface area contributed by atoms with Crippen LogP contribution in [0.15, 0.2) is 60.7 Å². The van der Waals surface area contributed by atoms with Gasteiger partial charge >= 0.3 is 11.9 Å². The van der Waals surface area contributed by atoms with Gasteiger partial charge < -0.3 is 20.8 Å². The van der Waals surface area contributed by atoms with Crippen molar-refractivity contribution < 1.29 is 19.8 Å². The molecule has 0 unspecified atom stereocenters. The molecule has 37 heavy (non-hydrogen) atoms. The van der Waals surface area contributed by atoms with Crippen molar-refractivity contribution >= 4 is 56.5 Å². The molecule has 1 heterocycles. The van der Waals surface area contributed by atoms with Gasteiger partial charge in [0, 0.05) is 36.6 Å². The Morgan fingerprint density at radius 2 is 1.59 bits per heavy atom. The maximum atomic E-state index is 11.7. The number of rotatable bonds is 8. The number of fused-ring (bicyclic) bond motifs is 4. The van der Waals surface area contributed by atoms with E-state index < -0.39 is 17.4 Å². The molecule has 0 radical (unpaired) electrons. The van der Waals surface area contributed by atoms with E-state index in [1.165, 1.54) is 0 Å². The molecule has 0 saturated heterocycles. The van der Waals surface area contributed by atoms with Crippen LogP contribution in [-0.2, 0) is 15.0 Å². The van der Waals surface area contributed by atoms with Crippen molar-refractivity contribution in [3.63, 3.8) is 0 Å². The quantitative estimate of drug-likeness (QED) is 0.209. The van der Waals surface area contributed by atoms with E-state index in [9.17, 15) is 19.8 Å². The number of anilines is 1. The van der Waals surface area contributed by atoms with E-state index in [2.05, 4.69) is 16.7 Å². The molecule has 0 amide bonds. The Morgan fingerprint density at radius 3 is 2.24 bits per heavy atom. The van der Waals surface area contributed by atoms with Crippen LogP contribution in [0, 0.1) is 0 Å². The molecular formula is C28H25N3O4S2. The van der Waals surface area contributed by atoms with Crippen molar-refractivity contribution in [2.45, 2.75) is 31.1 Å². The van der Waals surface area contributed by atoms with E-state index >= 15 is 0 Å². The highest BCUT2D eigenvalue weighted by molar-refractivity contribution is 7.80. The topological polar surface area (TPSA) is 112 Å². The summed E-state index contributed by atoms with van der Waals surface area (Å²) in [7, 11) is 1.73. The zero-order chi connectivity index (χ0) is 26.2. The molecule has 1 aliphatic carbocycles. The number of aromatic nitrogens is 1. The lowest BCUT2D eigenvalue weighted by Gasteiger charge is -2.32. The third-order valence-electron chi connectivity index (χ3n) is 6.92. The molecule has 0 bridgehead atoms. The third kappa shape index (κ3) is 4.68. The zero-order valence-corrected chi connectivity index (χ0v) is 21.7. The maximum Gasteiger partial charge on any atom is 0.303 e. The number of hydrogen-bond donors (Lipinski definition) is 4. The standard InChI is InChI=1S/C28H25N3O4S2/c1-29-27(36)30-17-7-9-19-18-8-6-16(26-31-22-4-2-3-5-23(22)37-26)14-20(18)28(21(19)15-17,12-10-24(32)33)13-11-25(34)35/h2-9,14-15H,10-13H2,1H3,(H,32,33)(H,34,35)(H2,29,30,36). The summed E-state index contributed by atoms with van der Waals surface area (Å²) in [5, 5.41) is 26.6. The molecule has 188 valence electrons. The lowest BCUT2D eigenvalue weighted by atomic mass is 9.71. The Morgan fingerprint density at radius 1 is 0.946 bits per heavy atom. The molecular weight excluding hydrogens is 506 g/mol. The van der Waals surface area contributed by atoms with Crippen molar-refractivity contribution in [1.29, 1.82) is 0 Å². The SMILES string of the molecule is CNC(=S)Nc1ccc2c(c1)C(CCC(=O)O)(CCC(=O)O)c1cc(-c3nc4ccccc4s3)ccc1-2. The van der Waals surface area contributed by atoms with Crippen LogP contribution in [0.5, 0.6) is 0 Å². The second kappa shape index (κ2) is 9.91. The van der Waals surface area contributed by atoms with Crippen LogP contribution in [0.25, 0.3) is 31.9 Å². The second-order valence-corrected chi connectivity index (χ2v) is 10.5. The summed E-state index contributed by atoms with van der Waals surface area (Å²) < 4.78 is 1.08. The first kappa shape index (κ1) is 24.9. The first-order chi connectivity index (χ1) is 17.8. The number of thiazole rings is 1. The van der Waals surface area contributed by atoms with Gasteiger partial charge in [0.15, 0.2) is 5.11 Å². The van der Waals surface area contributed by atoms with Gasteiger partial charge in [0.2, 0.25) is 0 Å². The minimum atomic E-state index is -0.919. The van der Waals surface area contributed by atoms with Gasteiger partial charge in [0.1, 0.15) is 5.01 Å². The third-order valence-corrected chi connectivity index (χ3v) is 8.31. The fourth-order valence-corrected chi connectivity index (χ4v) is 6.28. The van der Waals surface area contributed by atoms with Gasteiger partial charge in [-0.05, 0) is 77.6 Å². The maximum absolute atomic E-state index is 11.7. The Hall–Kier alpha value is -3.82. The smallest absolute Gasteiger partial charge is 0.303 e. The summed E-state index contributed by atoms with van der Waals surface area (Å²) in [4.78, 5) is 28.3. The van der Waals surface area contributed by atoms with E-state index in [0.717, 1.165) is 48.7 Å². The van der Waals surface area contributed by atoms with Crippen molar-refractivity contribution in [3.05, 3.63) is 71.8 Å². The summed E-state index contributed by atoms with van der Waals surface area (Å²) in [5.41, 5.74) is 5.63. The summed E-state index contributed by atoms with van der Waals surface area (Å²) in [6.45, 7) is 0. The van der Waals surface area contributed by atoms with Crippen LogP contribution in [0.4, 0.5) is 5.69 Å². The fourth-order valence-electron chi connectivity index (χ4n) is 5.20. The number of para-hydroxylation sites is 1. The lowest BCUT2D eigenvalue weighted by molar-refractivity contribution is -0.137. The van der Waals surface area contributed by atoms with Gasteiger partial charge in [-0.3, -0.25) is 9.59 Å². The predicted octanol–water partition coefficient (Wildman–Crippen LogP) is 5.88. The highest BCUT2D eigenvalue weighted by atomic mass is 32.1. The van der Waals surface area contributed by atoms with Crippen LogP contribution in [-0.4, -0.2) is 39.3 Å². The predicted molar refractivity (Wildman–Crippen MR) is 150 cm³/mol. The van der Waals surface area contributed by atoms with Crippen LogP contribution in [0.3, 0.4) is 0 Å². The highest BCUT2D eigenvalue weighted by Crippen LogP contribution is 2.55. The minimum Gasteiger partial charge on any atom is -0.481 e. The Bertz CT molecular complexity index is 1490. The number of carboxylic acids is 2. The normalized spacial score (nSPS) is 13.1. The van der Waals surface area contributed by atoms with Crippen molar-refractivity contribution in [3.8, 4) is 21.7 Å². The van der Waals surface area contributed by atoms with Crippen molar-refractivity contribution in [2.75, 3.05) is 12.4 Å². The first-order valence-electron chi connectivity index (χ1n) is 11.9. The van der Waals surface area contributed by atoms with Gasteiger partial charge in [-0.25, -0.2) is 4.98 Å². The van der Waals surface area contributed by atoms with Crippen LogP contribution in [0.2, 0.25) is 0 Å². The number of benzene rings is 3. The number of aliphatic carboxylic acids is 2. The van der Waals surface area contributed by atoms with Crippen molar-refractivity contribution in [2.24, 2.45) is 0 Å². The fraction of sp³-hybridized carbons (Fsp3) is 0.214. The zero-order valence-electron chi connectivity index (χ0n) is 20.1. The number of carbonyl (C=O) groups is 2. The summed E-state index contributed by atoms with van der Waals surface area (Å²) in [6, 6.07) is 20.0. The Kier molecular flexibility index (Phi) is 6.66. The number of carboxylic acid groups (broad SMARTS) is 2. The summed E-state index contributed by atoms with van der Waals surface area (Å²) in [5.74, 6) is -1.84. The van der Waals surface area contributed by atoms with Gasteiger partial charge in [0.25, 0.3) is 0 Å². The number of hydrogen-bond acceptors (Lipinski definition) is 5. The minimum absolute atomic E-state index is 0.0869. The average molecular weight is 532 g/mol. The molecule has 4 aromatic rings. The molecule has 0 saturated carbocycles. The van der Waals surface area contributed by atoms with Crippen LogP contribution < -0.4 is 10.6 Å². The van der Waals surface area contributed by atoms with Crippen LogP contribution >= 0.6 is 23.6 Å². The van der Waals surface area contributed by atoms with Crippen LogP contribution in [0.1, 0.15) is 36.8 Å². The molecule has 0 aliphatic heterocycles. The summed E-state index contributed by atoms with van der Waals surface area (Å²) in [6.07, 6.45) is 0.380. The second-order valence-electron chi connectivity index (χ2n) is 9.08. The molecule has 7 nitrogen and oxygen atoms in total. The molecule has 0 spiro atoms. The lowest BCUT2D eigenvalue weighted by Crippen LogP contribution is -2.28. The average Bonchev–Trinajstić information content (AvgIpc) is 3.43. The molecule has 4 N–H and O–H groups in total. The molecule has 9 heteroatoms. The molecule has 5 rings (SSSR count). The molecule has 0 atom stereocenters. The van der Waals surface area contributed by atoms with E-state index in [1.807, 2.05) is 54.6 Å². The molecule has 1 aromatic heterocycles. The van der Waals surface area contributed by atoms with Gasteiger partial charge in [-0.1, -0.05) is 30.3 Å². The van der Waals surface area contributed by atoms with E-state index in [-0.39, 0.29) is 25.7 Å². The van der Waals surface area contributed by atoms with Gasteiger partial charge in [0.05, 0.1) is 10.2 Å². The largest absolute Gasteiger partial charge is 0.481 e. The Labute approximate surface area is 223 Å². The van der Waals surface area contributed by atoms with E-state index in [4.69, 9.17) is 17.2 Å². The van der Waals surface area contributed by atoms with Gasteiger partial charge in [-0.15, -0.1) is 11.3 Å².